The van der Waals surface area contributed by atoms with Crippen molar-refractivity contribution in [2.24, 2.45) is 5.92 Å². The second-order valence-corrected chi connectivity index (χ2v) is 6.09. The summed E-state index contributed by atoms with van der Waals surface area (Å²) in [6.45, 7) is 13.0. The molecule has 0 aromatic heterocycles. The molecule has 0 saturated carbocycles. The van der Waals surface area contributed by atoms with E-state index in [1.165, 1.54) is 24.1 Å². The Labute approximate surface area is 135 Å². The Morgan fingerprint density at radius 2 is 1.86 bits per heavy atom. The number of nitrogens with one attached hydrogen (secondary N) is 1. The lowest BCUT2D eigenvalue weighted by molar-refractivity contribution is 0.486. The lowest BCUT2D eigenvalue weighted by Crippen LogP contribution is -2.29. The van der Waals surface area contributed by atoms with Crippen LogP contribution in [0.3, 0.4) is 0 Å². The van der Waals surface area contributed by atoms with Crippen molar-refractivity contribution in [3.8, 4) is 0 Å². The van der Waals surface area contributed by atoms with E-state index >= 15 is 0 Å². The maximum atomic E-state index is 6.52. The van der Waals surface area contributed by atoms with Crippen molar-refractivity contribution in [2.75, 3.05) is 24.5 Å². The Balaban J connectivity index is 2.76. The van der Waals surface area contributed by atoms with E-state index in [9.17, 15) is 0 Å². The standard InChI is InChI=1S/C18H31ClN2/c1-5-11-20-13-16-9-10-18(17(19)12-16)21(8-4)14-15(6-2)7-3/h9-10,12,15,20H,5-8,11,13-14H2,1-4H3. The van der Waals surface area contributed by atoms with Gasteiger partial charge in [0.1, 0.15) is 0 Å². The normalized spacial score (nSPS) is 11.1. The second-order valence-electron chi connectivity index (χ2n) is 5.68. The van der Waals surface area contributed by atoms with E-state index in [-0.39, 0.29) is 0 Å². The molecule has 120 valence electrons. The molecule has 1 N–H and O–H groups in total. The Hall–Kier alpha value is -0.730. The monoisotopic (exact) mass is 310 g/mol. The first-order chi connectivity index (χ1) is 10.2. The topological polar surface area (TPSA) is 15.3 Å². The van der Waals surface area contributed by atoms with E-state index in [0.29, 0.717) is 0 Å². The third kappa shape index (κ3) is 5.88. The fraction of sp³-hybridized carbons (Fsp3) is 0.667. The van der Waals surface area contributed by atoms with Gasteiger partial charge in [-0.15, -0.1) is 0 Å². The molecule has 0 bridgehead atoms. The van der Waals surface area contributed by atoms with Gasteiger partial charge in [-0.05, 0) is 43.5 Å². The van der Waals surface area contributed by atoms with E-state index in [4.69, 9.17) is 11.6 Å². The van der Waals surface area contributed by atoms with Crippen molar-refractivity contribution in [1.82, 2.24) is 5.32 Å². The first-order valence-corrected chi connectivity index (χ1v) is 8.77. The summed E-state index contributed by atoms with van der Waals surface area (Å²) >= 11 is 6.52. The van der Waals surface area contributed by atoms with Crippen LogP contribution in [-0.4, -0.2) is 19.6 Å². The smallest absolute Gasteiger partial charge is 0.0642 e. The summed E-state index contributed by atoms with van der Waals surface area (Å²) in [6.07, 6.45) is 3.61. The lowest BCUT2D eigenvalue weighted by atomic mass is 10.0. The molecule has 0 amide bonds. The van der Waals surface area contributed by atoms with Gasteiger partial charge >= 0.3 is 0 Å². The summed E-state index contributed by atoms with van der Waals surface area (Å²) in [6, 6.07) is 6.48. The minimum atomic E-state index is 0.743. The molecule has 0 atom stereocenters. The number of rotatable bonds is 10. The Morgan fingerprint density at radius 1 is 1.14 bits per heavy atom. The predicted molar refractivity (Wildman–Crippen MR) is 95.4 cm³/mol. The SMILES string of the molecule is CCCNCc1ccc(N(CC)CC(CC)CC)c(Cl)c1. The van der Waals surface area contributed by atoms with Crippen LogP contribution in [0.15, 0.2) is 18.2 Å². The lowest BCUT2D eigenvalue weighted by Gasteiger charge is -2.28. The van der Waals surface area contributed by atoms with Crippen LogP contribution in [0.2, 0.25) is 5.02 Å². The zero-order valence-corrected chi connectivity index (χ0v) is 14.8. The second kappa shape index (κ2) is 10.1. The van der Waals surface area contributed by atoms with E-state index in [2.05, 4.69) is 56.1 Å². The molecule has 1 aromatic carbocycles. The molecule has 0 saturated heterocycles. The van der Waals surface area contributed by atoms with Crippen LogP contribution in [0.25, 0.3) is 0 Å². The molecule has 1 aromatic rings. The van der Waals surface area contributed by atoms with Crippen molar-refractivity contribution in [1.29, 1.82) is 0 Å². The Morgan fingerprint density at radius 3 is 2.38 bits per heavy atom. The van der Waals surface area contributed by atoms with E-state index in [1.807, 2.05) is 0 Å². The fourth-order valence-electron chi connectivity index (χ4n) is 2.58. The van der Waals surface area contributed by atoms with Crippen molar-refractivity contribution in [3.05, 3.63) is 28.8 Å². The zero-order valence-electron chi connectivity index (χ0n) is 14.1. The summed E-state index contributed by atoms with van der Waals surface area (Å²) in [5.74, 6) is 0.743. The molecule has 21 heavy (non-hydrogen) atoms. The van der Waals surface area contributed by atoms with E-state index in [0.717, 1.165) is 43.5 Å². The molecule has 0 aliphatic carbocycles. The van der Waals surface area contributed by atoms with Crippen LogP contribution in [0.1, 0.15) is 52.5 Å². The van der Waals surface area contributed by atoms with Gasteiger partial charge in [-0.3, -0.25) is 0 Å². The first kappa shape index (κ1) is 18.3. The largest absolute Gasteiger partial charge is 0.370 e. The van der Waals surface area contributed by atoms with E-state index in [1.54, 1.807) is 0 Å². The third-order valence-electron chi connectivity index (χ3n) is 4.12. The third-order valence-corrected chi connectivity index (χ3v) is 4.43. The first-order valence-electron chi connectivity index (χ1n) is 8.40. The van der Waals surface area contributed by atoms with Gasteiger partial charge in [0.15, 0.2) is 0 Å². The average Bonchev–Trinajstić information content (AvgIpc) is 2.50. The average molecular weight is 311 g/mol. The number of hydrogen-bond acceptors (Lipinski definition) is 2. The van der Waals surface area contributed by atoms with Crippen LogP contribution in [-0.2, 0) is 6.54 Å². The van der Waals surface area contributed by atoms with Gasteiger partial charge in [-0.2, -0.15) is 0 Å². The molecule has 0 aliphatic rings. The van der Waals surface area contributed by atoms with Gasteiger partial charge in [0.25, 0.3) is 0 Å². The Bertz CT molecular complexity index is 402. The van der Waals surface area contributed by atoms with Crippen LogP contribution in [0.5, 0.6) is 0 Å². The van der Waals surface area contributed by atoms with Gasteiger partial charge in [0, 0.05) is 19.6 Å². The van der Waals surface area contributed by atoms with Crippen LogP contribution in [0, 0.1) is 5.92 Å². The van der Waals surface area contributed by atoms with Crippen molar-refractivity contribution in [2.45, 2.75) is 53.5 Å². The molecular formula is C18H31ClN2. The summed E-state index contributed by atoms with van der Waals surface area (Å²) in [4.78, 5) is 2.41. The van der Waals surface area contributed by atoms with Gasteiger partial charge in [0.05, 0.1) is 10.7 Å². The minimum Gasteiger partial charge on any atom is -0.370 e. The highest BCUT2D eigenvalue weighted by Crippen LogP contribution is 2.28. The molecule has 0 unspecified atom stereocenters. The number of benzene rings is 1. The summed E-state index contributed by atoms with van der Waals surface area (Å²) in [5, 5.41) is 4.29. The molecule has 0 radical (unpaired) electrons. The number of nitrogens with zero attached hydrogens (tertiary/aromatic N) is 1. The fourth-order valence-corrected chi connectivity index (χ4v) is 2.91. The van der Waals surface area contributed by atoms with Gasteiger partial charge in [0.2, 0.25) is 0 Å². The molecular weight excluding hydrogens is 280 g/mol. The quantitative estimate of drug-likeness (QED) is 0.605. The summed E-state index contributed by atoms with van der Waals surface area (Å²) in [7, 11) is 0. The van der Waals surface area contributed by atoms with E-state index < -0.39 is 0 Å². The minimum absolute atomic E-state index is 0.743. The van der Waals surface area contributed by atoms with Gasteiger partial charge in [-0.1, -0.05) is 51.3 Å². The molecule has 1 rings (SSSR count). The van der Waals surface area contributed by atoms with Gasteiger partial charge < -0.3 is 10.2 Å². The van der Waals surface area contributed by atoms with Crippen molar-refractivity contribution in [3.63, 3.8) is 0 Å². The zero-order chi connectivity index (χ0) is 15.7. The van der Waals surface area contributed by atoms with Crippen molar-refractivity contribution >= 4 is 17.3 Å². The Kier molecular flexibility index (Phi) is 8.79. The summed E-state index contributed by atoms with van der Waals surface area (Å²) in [5.41, 5.74) is 2.43. The number of hydrogen-bond donors (Lipinski definition) is 1. The molecule has 0 fully saturated rings. The maximum Gasteiger partial charge on any atom is 0.0642 e. The van der Waals surface area contributed by atoms with Crippen LogP contribution in [0.4, 0.5) is 5.69 Å². The highest BCUT2D eigenvalue weighted by Gasteiger charge is 2.13. The number of anilines is 1. The molecule has 2 nitrogen and oxygen atoms in total. The molecule has 0 aliphatic heterocycles. The van der Waals surface area contributed by atoms with Crippen LogP contribution >= 0.6 is 11.6 Å². The highest BCUT2D eigenvalue weighted by atomic mass is 35.5. The van der Waals surface area contributed by atoms with Crippen LogP contribution < -0.4 is 10.2 Å². The summed E-state index contributed by atoms with van der Waals surface area (Å²) < 4.78 is 0. The maximum absolute atomic E-state index is 6.52. The molecule has 0 spiro atoms. The number of halogens is 1. The predicted octanol–water partition coefficient (Wildman–Crippen LogP) is 5.10. The molecule has 3 heteroatoms. The van der Waals surface area contributed by atoms with Gasteiger partial charge in [-0.25, -0.2) is 0 Å². The molecule has 0 heterocycles. The highest BCUT2D eigenvalue weighted by molar-refractivity contribution is 6.33. The van der Waals surface area contributed by atoms with Crippen molar-refractivity contribution < 1.29 is 0 Å².